The smallest absolute Gasteiger partial charge is 0.306 e. The molecule has 0 aromatic rings. The van der Waals surface area contributed by atoms with Crippen LogP contribution in [-0.4, -0.2) is 37.2 Å². The summed E-state index contributed by atoms with van der Waals surface area (Å²) in [5, 5.41) is 0. The summed E-state index contributed by atoms with van der Waals surface area (Å²) < 4.78 is 16.8. The summed E-state index contributed by atoms with van der Waals surface area (Å²) in [5.74, 6) is -0.936. The van der Waals surface area contributed by atoms with E-state index in [2.05, 4.69) is 154 Å². The molecule has 0 spiro atoms. The van der Waals surface area contributed by atoms with E-state index in [1.54, 1.807) is 0 Å². The molecule has 0 aliphatic carbocycles. The zero-order chi connectivity index (χ0) is 55.7. The lowest BCUT2D eigenvalue weighted by atomic mass is 10.0. The maximum atomic E-state index is 12.8. The summed E-state index contributed by atoms with van der Waals surface area (Å²) in [5.41, 5.74) is 0. The van der Waals surface area contributed by atoms with Gasteiger partial charge in [0.25, 0.3) is 0 Å². The molecule has 0 fully saturated rings. The number of carbonyl (C=O) groups excluding carboxylic acids is 3. The maximum Gasteiger partial charge on any atom is 0.306 e. The van der Waals surface area contributed by atoms with E-state index in [4.69, 9.17) is 14.2 Å². The second-order valence-electron chi connectivity index (χ2n) is 20.5. The average Bonchev–Trinajstić information content (AvgIpc) is 3.43. The molecule has 0 heterocycles. The predicted molar refractivity (Wildman–Crippen MR) is 334 cm³/mol. The number of carbonyl (C=O) groups is 3. The summed E-state index contributed by atoms with van der Waals surface area (Å²) in [7, 11) is 0. The number of unbranched alkanes of at least 4 members (excludes halogenated alkanes) is 23. The van der Waals surface area contributed by atoms with Crippen molar-refractivity contribution >= 4 is 17.9 Å². The van der Waals surface area contributed by atoms with Gasteiger partial charge in [0, 0.05) is 19.3 Å². The molecular formula is C71H116O6. The molecule has 0 saturated heterocycles. The van der Waals surface area contributed by atoms with E-state index in [0.29, 0.717) is 12.8 Å². The van der Waals surface area contributed by atoms with Crippen molar-refractivity contribution in [3.05, 3.63) is 134 Å². The molecule has 0 bridgehead atoms. The number of rotatable bonds is 56. The number of allylic oxidation sites excluding steroid dienone is 22. The fraction of sp³-hybridized carbons (Fsp3) is 0.648. The number of hydrogen-bond acceptors (Lipinski definition) is 6. The normalized spacial score (nSPS) is 13.0. The van der Waals surface area contributed by atoms with Gasteiger partial charge in [-0.25, -0.2) is 0 Å². The monoisotopic (exact) mass is 1060 g/mol. The Labute approximate surface area is 475 Å². The van der Waals surface area contributed by atoms with Crippen LogP contribution >= 0.6 is 0 Å². The molecule has 0 aromatic carbocycles. The molecule has 0 rings (SSSR count). The van der Waals surface area contributed by atoms with E-state index in [1.165, 1.54) is 96.3 Å². The van der Waals surface area contributed by atoms with E-state index < -0.39 is 6.10 Å². The molecule has 6 nitrogen and oxygen atoms in total. The zero-order valence-electron chi connectivity index (χ0n) is 49.9. The topological polar surface area (TPSA) is 78.9 Å². The number of esters is 3. The minimum absolute atomic E-state index is 0.0947. The Morgan fingerprint density at radius 2 is 0.506 bits per heavy atom. The average molecular weight is 1070 g/mol. The van der Waals surface area contributed by atoms with Gasteiger partial charge in [0.05, 0.1) is 0 Å². The van der Waals surface area contributed by atoms with Gasteiger partial charge in [-0.2, -0.15) is 0 Å². The second kappa shape index (κ2) is 64.1. The Kier molecular flexibility index (Phi) is 60.4. The summed E-state index contributed by atoms with van der Waals surface area (Å²) in [6.07, 6.45) is 90.5. The number of hydrogen-bond donors (Lipinski definition) is 0. The lowest BCUT2D eigenvalue weighted by Gasteiger charge is -2.18. The Morgan fingerprint density at radius 1 is 0.273 bits per heavy atom. The van der Waals surface area contributed by atoms with Crippen LogP contribution in [0.3, 0.4) is 0 Å². The quantitative estimate of drug-likeness (QED) is 0.0261. The van der Waals surface area contributed by atoms with Crippen LogP contribution in [0.1, 0.15) is 278 Å². The molecule has 0 aliphatic rings. The van der Waals surface area contributed by atoms with Crippen LogP contribution in [0, 0.1) is 0 Å². The molecule has 1 atom stereocenters. The Hall–Kier alpha value is -4.45. The van der Waals surface area contributed by atoms with Gasteiger partial charge in [-0.3, -0.25) is 14.4 Å². The second-order valence-corrected chi connectivity index (χ2v) is 20.5. The van der Waals surface area contributed by atoms with Gasteiger partial charge in [-0.05, 0) is 128 Å². The third-order valence-corrected chi connectivity index (χ3v) is 13.1. The lowest BCUT2D eigenvalue weighted by Crippen LogP contribution is -2.30. The molecule has 1 unspecified atom stereocenters. The van der Waals surface area contributed by atoms with E-state index in [0.717, 1.165) is 141 Å². The summed E-state index contributed by atoms with van der Waals surface area (Å²) >= 11 is 0. The number of ether oxygens (including phenoxy) is 3. The fourth-order valence-electron chi connectivity index (χ4n) is 8.42. The third-order valence-electron chi connectivity index (χ3n) is 13.1. The first-order valence-corrected chi connectivity index (χ1v) is 31.7. The lowest BCUT2D eigenvalue weighted by molar-refractivity contribution is -0.167. The fourth-order valence-corrected chi connectivity index (χ4v) is 8.42. The van der Waals surface area contributed by atoms with Crippen molar-refractivity contribution in [2.45, 2.75) is 284 Å². The summed E-state index contributed by atoms with van der Waals surface area (Å²) in [6.45, 7) is 6.34. The first kappa shape index (κ1) is 72.5. The highest BCUT2D eigenvalue weighted by atomic mass is 16.6. The van der Waals surface area contributed by atoms with E-state index in [1.807, 2.05) is 0 Å². The van der Waals surface area contributed by atoms with E-state index in [9.17, 15) is 14.4 Å². The van der Waals surface area contributed by atoms with Gasteiger partial charge in [0.1, 0.15) is 13.2 Å². The molecule has 0 saturated carbocycles. The van der Waals surface area contributed by atoms with Gasteiger partial charge in [-0.1, -0.05) is 264 Å². The van der Waals surface area contributed by atoms with Gasteiger partial charge < -0.3 is 14.2 Å². The maximum absolute atomic E-state index is 12.8. The Morgan fingerprint density at radius 3 is 0.818 bits per heavy atom. The predicted octanol–water partition coefficient (Wildman–Crippen LogP) is 21.8. The van der Waals surface area contributed by atoms with Crippen LogP contribution in [0.5, 0.6) is 0 Å². The molecule has 0 radical (unpaired) electrons. The van der Waals surface area contributed by atoms with Gasteiger partial charge in [0.2, 0.25) is 0 Å². The van der Waals surface area contributed by atoms with Crippen LogP contribution < -0.4 is 0 Å². The molecule has 0 N–H and O–H groups in total. The SMILES string of the molecule is CC/C=C\C/C=C\C/C=C\C/C=C\C/C=C\C/C=C\C/C=C\CCCCCCCCCCCCCCCC(=O)OCC(COC(=O)CCCCCCC/C=C\CCCC)OC(=O)CCCCC/C=C\C/C=C\C/C=C\CC. The highest BCUT2D eigenvalue weighted by molar-refractivity contribution is 5.71. The van der Waals surface area contributed by atoms with Crippen LogP contribution in [0.2, 0.25) is 0 Å². The molecule has 0 amide bonds. The van der Waals surface area contributed by atoms with Crippen LogP contribution in [0.4, 0.5) is 0 Å². The Bertz CT molecular complexity index is 1650. The first-order valence-electron chi connectivity index (χ1n) is 31.7. The highest BCUT2D eigenvalue weighted by Crippen LogP contribution is 2.15. The van der Waals surface area contributed by atoms with Crippen molar-refractivity contribution in [1.29, 1.82) is 0 Å². The molecule has 77 heavy (non-hydrogen) atoms. The molecular weight excluding hydrogens is 949 g/mol. The standard InChI is InChI=1S/C71H116O6/c1-4-7-10-13-16-19-22-24-25-26-27-28-29-30-31-32-33-34-35-36-37-38-39-40-41-42-43-44-45-47-49-52-55-58-61-64-70(73)76-67-68(66-75-69(72)63-60-57-54-51-48-21-18-15-12-9-6-3)77-71(74)65-62-59-56-53-50-46-23-20-17-14-11-8-5-2/h7-8,10-11,15-20,24-25,27-28,30-31,33-34,36-37,46,50,68H,4-6,9,12-14,21-23,26,29,32,35,38-45,47-49,51-67H2,1-3H3/b10-7-,11-8-,18-15-,19-16-,20-17-,25-24-,28-27-,31-30-,34-33-,37-36-,50-46-. The summed E-state index contributed by atoms with van der Waals surface area (Å²) in [6, 6.07) is 0. The van der Waals surface area contributed by atoms with Crippen molar-refractivity contribution in [3.8, 4) is 0 Å². The van der Waals surface area contributed by atoms with Crippen molar-refractivity contribution in [1.82, 2.24) is 0 Å². The van der Waals surface area contributed by atoms with Crippen molar-refractivity contribution in [2.75, 3.05) is 13.2 Å². The van der Waals surface area contributed by atoms with Gasteiger partial charge in [-0.15, -0.1) is 0 Å². The molecule has 0 aromatic heterocycles. The third kappa shape index (κ3) is 62.3. The molecule has 436 valence electrons. The summed E-state index contributed by atoms with van der Waals surface area (Å²) in [4.78, 5) is 38.1. The van der Waals surface area contributed by atoms with Crippen LogP contribution in [-0.2, 0) is 28.6 Å². The van der Waals surface area contributed by atoms with Gasteiger partial charge in [0.15, 0.2) is 6.10 Å². The van der Waals surface area contributed by atoms with Gasteiger partial charge >= 0.3 is 17.9 Å². The van der Waals surface area contributed by atoms with Crippen LogP contribution in [0.15, 0.2) is 134 Å². The molecule has 0 aliphatic heterocycles. The minimum Gasteiger partial charge on any atom is -0.462 e. The van der Waals surface area contributed by atoms with Crippen LogP contribution in [0.25, 0.3) is 0 Å². The van der Waals surface area contributed by atoms with Crippen molar-refractivity contribution in [3.63, 3.8) is 0 Å². The first-order chi connectivity index (χ1) is 38.0. The van der Waals surface area contributed by atoms with E-state index >= 15 is 0 Å². The minimum atomic E-state index is -0.799. The molecule has 6 heteroatoms. The van der Waals surface area contributed by atoms with Crippen molar-refractivity contribution < 1.29 is 28.6 Å². The van der Waals surface area contributed by atoms with E-state index in [-0.39, 0.29) is 37.5 Å². The highest BCUT2D eigenvalue weighted by Gasteiger charge is 2.19. The van der Waals surface area contributed by atoms with Crippen molar-refractivity contribution in [2.24, 2.45) is 0 Å². The largest absolute Gasteiger partial charge is 0.462 e. The zero-order valence-corrected chi connectivity index (χ0v) is 49.9. The Balaban J connectivity index is 4.14.